The van der Waals surface area contributed by atoms with Gasteiger partial charge in [0.2, 0.25) is 5.91 Å². The zero-order valence-electron chi connectivity index (χ0n) is 19.9. The van der Waals surface area contributed by atoms with E-state index >= 15 is 0 Å². The molecule has 0 spiro atoms. The molecule has 5 nitrogen and oxygen atoms in total. The van der Waals surface area contributed by atoms with E-state index in [9.17, 15) is 4.79 Å². The number of carbonyl (C=O) groups excluding carboxylic acids is 1. The number of hydrogen-bond acceptors (Lipinski definition) is 3. The van der Waals surface area contributed by atoms with E-state index in [1.54, 1.807) is 0 Å². The number of aromatic nitrogens is 2. The molecule has 0 aliphatic rings. The number of rotatable bonds is 12. The van der Waals surface area contributed by atoms with Crippen molar-refractivity contribution < 1.29 is 9.53 Å². The van der Waals surface area contributed by atoms with Crippen LogP contribution in [0, 0.1) is 5.92 Å². The van der Waals surface area contributed by atoms with Gasteiger partial charge in [0.05, 0.1) is 24.2 Å². The van der Waals surface area contributed by atoms with Gasteiger partial charge in [-0.2, -0.15) is 0 Å². The van der Waals surface area contributed by atoms with Crippen LogP contribution in [0.15, 0.2) is 48.5 Å². The summed E-state index contributed by atoms with van der Waals surface area (Å²) in [4.78, 5) is 17.2. The number of benzene rings is 2. The summed E-state index contributed by atoms with van der Waals surface area (Å²) < 4.78 is 8.19. The van der Waals surface area contributed by atoms with Gasteiger partial charge in [-0.25, -0.2) is 4.98 Å². The zero-order valence-corrected chi connectivity index (χ0v) is 19.9. The molecule has 1 unspecified atom stereocenters. The van der Waals surface area contributed by atoms with Gasteiger partial charge in [0.1, 0.15) is 11.6 Å². The lowest BCUT2D eigenvalue weighted by molar-refractivity contribution is -0.125. The molecule has 32 heavy (non-hydrogen) atoms. The monoisotopic (exact) mass is 435 g/mol. The fourth-order valence-electron chi connectivity index (χ4n) is 4.02. The summed E-state index contributed by atoms with van der Waals surface area (Å²) in [5.74, 6) is 2.54. The number of ether oxygens (including phenoxy) is 1. The van der Waals surface area contributed by atoms with E-state index in [-0.39, 0.29) is 11.8 Å². The van der Waals surface area contributed by atoms with Gasteiger partial charge in [-0.3, -0.25) is 4.79 Å². The number of nitrogens with one attached hydrogen (secondary N) is 1. The Morgan fingerprint density at radius 2 is 1.75 bits per heavy atom. The number of aryl methyl sites for hydroxylation is 1. The molecule has 5 heteroatoms. The Hall–Kier alpha value is -2.82. The first kappa shape index (κ1) is 23.8. The van der Waals surface area contributed by atoms with E-state index in [1.807, 2.05) is 18.2 Å². The molecule has 0 aliphatic carbocycles. The minimum atomic E-state index is 0.0629. The Balaban J connectivity index is 1.61. The van der Waals surface area contributed by atoms with Crippen molar-refractivity contribution >= 4 is 16.9 Å². The van der Waals surface area contributed by atoms with Gasteiger partial charge in [-0.1, -0.05) is 52.0 Å². The fraction of sp³-hybridized carbons (Fsp3) is 0.481. The van der Waals surface area contributed by atoms with Gasteiger partial charge in [0.15, 0.2) is 0 Å². The highest BCUT2D eigenvalue weighted by Crippen LogP contribution is 2.22. The standard InChI is InChI=1S/C27H37N3O2/c1-5-20(4)22-13-15-23(16-14-22)32-18-10-17-30-25-12-9-8-11-24(25)29-26(30)19-28-27(31)21(6-2)7-3/h8-9,11-16,20-21H,5-7,10,17-19H2,1-4H3,(H,28,31). The predicted octanol–water partition coefficient (Wildman–Crippen LogP) is 6.07. The zero-order chi connectivity index (χ0) is 22.9. The summed E-state index contributed by atoms with van der Waals surface area (Å²) in [6, 6.07) is 16.6. The Kier molecular flexibility index (Phi) is 8.72. The number of nitrogens with zero attached hydrogens (tertiary/aromatic N) is 2. The van der Waals surface area contributed by atoms with E-state index < -0.39 is 0 Å². The highest BCUT2D eigenvalue weighted by molar-refractivity contribution is 5.79. The summed E-state index contributed by atoms with van der Waals surface area (Å²) >= 11 is 0. The first-order valence-corrected chi connectivity index (χ1v) is 12.0. The summed E-state index contributed by atoms with van der Waals surface area (Å²) in [5, 5.41) is 3.08. The molecule has 3 rings (SSSR count). The molecule has 0 aliphatic heterocycles. The molecule has 0 radical (unpaired) electrons. The molecular formula is C27H37N3O2. The fourth-order valence-corrected chi connectivity index (χ4v) is 4.02. The summed E-state index contributed by atoms with van der Waals surface area (Å²) in [5.41, 5.74) is 3.41. The van der Waals surface area contributed by atoms with Crippen LogP contribution < -0.4 is 10.1 Å². The Morgan fingerprint density at radius 1 is 1.03 bits per heavy atom. The Labute approximate surface area is 192 Å². The van der Waals surface area contributed by atoms with Gasteiger partial charge in [0.25, 0.3) is 0 Å². The van der Waals surface area contributed by atoms with Crippen molar-refractivity contribution in [3.8, 4) is 5.75 Å². The molecule has 172 valence electrons. The summed E-state index contributed by atoms with van der Waals surface area (Å²) in [6.45, 7) is 10.4. The van der Waals surface area contributed by atoms with Crippen LogP contribution >= 0.6 is 0 Å². The molecule has 1 N–H and O–H groups in total. The van der Waals surface area contributed by atoms with E-state index in [4.69, 9.17) is 9.72 Å². The van der Waals surface area contributed by atoms with Gasteiger partial charge in [-0.15, -0.1) is 0 Å². The third kappa shape index (κ3) is 5.90. The summed E-state index contributed by atoms with van der Waals surface area (Å²) in [7, 11) is 0. The molecule has 1 aromatic heterocycles. The minimum absolute atomic E-state index is 0.0629. The maximum absolute atomic E-state index is 12.4. The SMILES string of the molecule is CCC(CC)C(=O)NCc1nc2ccccc2n1CCCOc1ccc(C(C)CC)cc1. The predicted molar refractivity (Wildman–Crippen MR) is 131 cm³/mol. The second-order valence-electron chi connectivity index (χ2n) is 8.48. The average molecular weight is 436 g/mol. The van der Waals surface area contributed by atoms with Crippen LogP contribution in [0.5, 0.6) is 5.75 Å². The molecule has 3 aromatic rings. The largest absolute Gasteiger partial charge is 0.494 e. The van der Waals surface area contributed by atoms with Gasteiger partial charge in [-0.05, 0) is 61.4 Å². The quantitative estimate of drug-likeness (QED) is 0.351. The number of para-hydroxylation sites is 2. The molecule has 0 bridgehead atoms. The first-order valence-electron chi connectivity index (χ1n) is 12.0. The average Bonchev–Trinajstić information content (AvgIpc) is 3.18. The third-order valence-corrected chi connectivity index (χ3v) is 6.37. The van der Waals surface area contributed by atoms with Crippen molar-refractivity contribution in [2.24, 2.45) is 5.92 Å². The van der Waals surface area contributed by atoms with E-state index in [0.717, 1.165) is 54.8 Å². The molecule has 0 fully saturated rings. The van der Waals surface area contributed by atoms with Gasteiger partial charge in [0, 0.05) is 12.5 Å². The van der Waals surface area contributed by atoms with Crippen molar-refractivity contribution in [1.29, 1.82) is 0 Å². The number of carbonyl (C=O) groups is 1. The third-order valence-electron chi connectivity index (χ3n) is 6.37. The Bertz CT molecular complexity index is 990. The second-order valence-corrected chi connectivity index (χ2v) is 8.48. The van der Waals surface area contributed by atoms with E-state index in [2.05, 4.69) is 67.9 Å². The molecule has 0 saturated heterocycles. The molecule has 1 atom stereocenters. The van der Waals surface area contributed by atoms with Crippen molar-refractivity contribution in [2.45, 2.75) is 72.4 Å². The van der Waals surface area contributed by atoms with Crippen molar-refractivity contribution in [3.05, 3.63) is 59.9 Å². The minimum Gasteiger partial charge on any atom is -0.494 e. The maximum atomic E-state index is 12.4. The lowest BCUT2D eigenvalue weighted by Crippen LogP contribution is -2.30. The van der Waals surface area contributed by atoms with Crippen molar-refractivity contribution in [3.63, 3.8) is 0 Å². The number of fused-ring (bicyclic) bond motifs is 1. The van der Waals surface area contributed by atoms with Crippen molar-refractivity contribution in [2.75, 3.05) is 6.61 Å². The van der Waals surface area contributed by atoms with Crippen LogP contribution in [0.4, 0.5) is 0 Å². The highest BCUT2D eigenvalue weighted by Gasteiger charge is 2.16. The lowest BCUT2D eigenvalue weighted by atomic mass is 9.99. The molecular weight excluding hydrogens is 398 g/mol. The molecule has 1 heterocycles. The maximum Gasteiger partial charge on any atom is 0.223 e. The Morgan fingerprint density at radius 3 is 2.44 bits per heavy atom. The number of hydrogen-bond donors (Lipinski definition) is 1. The van der Waals surface area contributed by atoms with Crippen LogP contribution in [0.3, 0.4) is 0 Å². The number of imidazole rings is 1. The van der Waals surface area contributed by atoms with Crippen LogP contribution in [0.1, 0.15) is 70.7 Å². The smallest absolute Gasteiger partial charge is 0.223 e. The highest BCUT2D eigenvalue weighted by atomic mass is 16.5. The van der Waals surface area contributed by atoms with Gasteiger partial charge < -0.3 is 14.6 Å². The summed E-state index contributed by atoms with van der Waals surface area (Å²) in [6.07, 6.45) is 3.71. The van der Waals surface area contributed by atoms with Crippen LogP contribution in [-0.4, -0.2) is 22.1 Å². The topological polar surface area (TPSA) is 56.2 Å². The van der Waals surface area contributed by atoms with Crippen LogP contribution in [0.25, 0.3) is 11.0 Å². The van der Waals surface area contributed by atoms with Gasteiger partial charge >= 0.3 is 0 Å². The lowest BCUT2D eigenvalue weighted by Gasteiger charge is -2.14. The molecule has 0 saturated carbocycles. The van der Waals surface area contributed by atoms with E-state index in [0.29, 0.717) is 19.1 Å². The van der Waals surface area contributed by atoms with Crippen LogP contribution in [0.2, 0.25) is 0 Å². The second kappa shape index (κ2) is 11.7. The molecule has 2 aromatic carbocycles. The molecule has 1 amide bonds. The van der Waals surface area contributed by atoms with Crippen molar-refractivity contribution in [1.82, 2.24) is 14.9 Å². The number of amides is 1. The van der Waals surface area contributed by atoms with E-state index in [1.165, 1.54) is 5.56 Å². The first-order chi connectivity index (χ1) is 15.6. The normalized spacial score (nSPS) is 12.3. The van der Waals surface area contributed by atoms with Crippen LogP contribution in [-0.2, 0) is 17.9 Å².